The first-order valence-electron chi connectivity index (χ1n) is 12.2. The molecule has 1 atom stereocenters. The van der Waals surface area contributed by atoms with E-state index in [1.165, 1.54) is 64.2 Å². The molecule has 0 aliphatic carbocycles. The largest absolute Gasteiger partial charge is 0.466 e. The molecule has 6 nitrogen and oxygen atoms in total. The van der Waals surface area contributed by atoms with Gasteiger partial charge >= 0.3 is 11.9 Å². The molecule has 176 valence electrons. The van der Waals surface area contributed by atoms with Crippen molar-refractivity contribution in [1.82, 2.24) is 5.32 Å². The predicted molar refractivity (Wildman–Crippen MR) is 120 cm³/mol. The number of hydrogen-bond acceptors (Lipinski definition) is 5. The highest BCUT2D eigenvalue weighted by Crippen LogP contribution is 2.13. The zero-order valence-electron chi connectivity index (χ0n) is 19.6. The quantitative estimate of drug-likeness (QED) is 0.206. The van der Waals surface area contributed by atoms with Gasteiger partial charge in [0.2, 0.25) is 5.91 Å². The number of unbranched alkanes of at least 4 members (excludes halogenated alkanes) is 12. The maximum atomic E-state index is 12.1. The van der Waals surface area contributed by atoms with Gasteiger partial charge in [-0.25, -0.2) is 4.79 Å². The molecule has 0 aromatic heterocycles. The summed E-state index contributed by atoms with van der Waals surface area (Å²) in [5.41, 5.74) is 0. The zero-order valence-corrected chi connectivity index (χ0v) is 19.6. The highest BCUT2D eigenvalue weighted by molar-refractivity contribution is 5.88. The van der Waals surface area contributed by atoms with Crippen molar-refractivity contribution < 1.29 is 23.9 Å². The highest BCUT2D eigenvalue weighted by Gasteiger charge is 2.25. The molecule has 1 amide bonds. The molecule has 0 aromatic rings. The van der Waals surface area contributed by atoms with Gasteiger partial charge in [0.25, 0.3) is 0 Å². The third-order valence-electron chi connectivity index (χ3n) is 5.09. The van der Waals surface area contributed by atoms with Crippen LogP contribution in [0.3, 0.4) is 0 Å². The molecule has 0 aliphatic rings. The molecule has 6 heteroatoms. The Kier molecular flexibility index (Phi) is 19.6. The molecular formula is C24H45NO5. The highest BCUT2D eigenvalue weighted by atomic mass is 16.5. The van der Waals surface area contributed by atoms with Crippen LogP contribution in [0.25, 0.3) is 0 Å². The van der Waals surface area contributed by atoms with Crippen LogP contribution in [-0.2, 0) is 23.9 Å². The fraction of sp³-hybridized carbons (Fsp3) is 0.875. The first-order chi connectivity index (χ1) is 14.5. The zero-order chi connectivity index (χ0) is 22.5. The van der Waals surface area contributed by atoms with Gasteiger partial charge in [-0.05, 0) is 20.3 Å². The lowest BCUT2D eigenvalue weighted by atomic mass is 10.0. The van der Waals surface area contributed by atoms with Gasteiger partial charge < -0.3 is 14.8 Å². The molecule has 0 heterocycles. The molecule has 0 spiro atoms. The lowest BCUT2D eigenvalue weighted by Crippen LogP contribution is -2.43. The second-order valence-electron chi connectivity index (χ2n) is 7.87. The fourth-order valence-corrected chi connectivity index (χ4v) is 3.39. The predicted octanol–water partition coefficient (Wildman–Crippen LogP) is 5.47. The van der Waals surface area contributed by atoms with E-state index in [9.17, 15) is 14.4 Å². The topological polar surface area (TPSA) is 81.7 Å². The van der Waals surface area contributed by atoms with Crippen LogP contribution in [0.2, 0.25) is 0 Å². The molecule has 0 fully saturated rings. The lowest BCUT2D eigenvalue weighted by molar-refractivity contribution is -0.153. The van der Waals surface area contributed by atoms with Crippen molar-refractivity contribution in [3.63, 3.8) is 0 Å². The molecule has 0 aliphatic heterocycles. The Morgan fingerprint density at radius 2 is 1.13 bits per heavy atom. The van der Waals surface area contributed by atoms with Gasteiger partial charge in [-0.2, -0.15) is 0 Å². The minimum absolute atomic E-state index is 0.197. The van der Waals surface area contributed by atoms with Gasteiger partial charge in [-0.3, -0.25) is 9.59 Å². The average Bonchev–Trinajstić information content (AvgIpc) is 2.71. The maximum absolute atomic E-state index is 12.1. The first kappa shape index (κ1) is 28.4. The van der Waals surface area contributed by atoms with Gasteiger partial charge in [0, 0.05) is 6.42 Å². The van der Waals surface area contributed by atoms with Crippen LogP contribution in [0, 0.1) is 0 Å². The van der Waals surface area contributed by atoms with Gasteiger partial charge in [-0.1, -0.05) is 84.0 Å². The van der Waals surface area contributed by atoms with Crippen LogP contribution >= 0.6 is 0 Å². The van der Waals surface area contributed by atoms with Crippen LogP contribution in [0.5, 0.6) is 0 Å². The summed E-state index contributed by atoms with van der Waals surface area (Å²) in [6.07, 6.45) is 16.4. The summed E-state index contributed by atoms with van der Waals surface area (Å²) in [6.45, 7) is 6.08. The Morgan fingerprint density at radius 1 is 0.667 bits per heavy atom. The molecule has 0 rings (SSSR count). The number of hydrogen-bond donors (Lipinski definition) is 1. The van der Waals surface area contributed by atoms with Crippen molar-refractivity contribution in [2.24, 2.45) is 0 Å². The van der Waals surface area contributed by atoms with E-state index in [-0.39, 0.29) is 25.5 Å². The van der Waals surface area contributed by atoms with Crippen molar-refractivity contribution in [3.05, 3.63) is 0 Å². The van der Waals surface area contributed by atoms with E-state index in [0.29, 0.717) is 6.42 Å². The van der Waals surface area contributed by atoms with E-state index in [1.807, 2.05) is 0 Å². The summed E-state index contributed by atoms with van der Waals surface area (Å²) in [7, 11) is 0. The second kappa shape index (κ2) is 20.7. The van der Waals surface area contributed by atoms with Crippen molar-refractivity contribution in [3.8, 4) is 0 Å². The lowest BCUT2D eigenvalue weighted by Gasteiger charge is -2.16. The van der Waals surface area contributed by atoms with Gasteiger partial charge in [0.1, 0.15) is 6.04 Å². The third kappa shape index (κ3) is 17.3. The smallest absolute Gasteiger partial charge is 0.329 e. The summed E-state index contributed by atoms with van der Waals surface area (Å²) in [5, 5.41) is 2.62. The van der Waals surface area contributed by atoms with Crippen molar-refractivity contribution in [2.75, 3.05) is 13.2 Å². The molecule has 0 bridgehead atoms. The number of carbonyl (C=O) groups excluding carboxylic acids is 3. The van der Waals surface area contributed by atoms with Crippen LogP contribution < -0.4 is 5.32 Å². The Labute approximate surface area is 183 Å². The number of esters is 2. The second-order valence-corrected chi connectivity index (χ2v) is 7.87. The molecular weight excluding hydrogens is 382 g/mol. The summed E-state index contributed by atoms with van der Waals surface area (Å²) in [5.74, 6) is -1.33. The number of rotatable bonds is 20. The first-order valence-corrected chi connectivity index (χ1v) is 12.2. The number of carbonyl (C=O) groups is 3. The minimum Gasteiger partial charge on any atom is -0.466 e. The third-order valence-corrected chi connectivity index (χ3v) is 5.09. The Balaban J connectivity index is 3.79. The standard InChI is InChI=1S/C24H45NO5/c1-4-7-8-9-10-11-12-13-14-15-16-17-18-19-22(26)25-21(24(28)30-6-3)20-23(27)29-5-2/h21H,4-20H2,1-3H3,(H,25,26). The van der Waals surface area contributed by atoms with E-state index in [4.69, 9.17) is 9.47 Å². The SMILES string of the molecule is CCCCCCCCCCCCCCCC(=O)NC(CC(=O)OCC)C(=O)OCC. The Bertz CT molecular complexity index is 453. The number of ether oxygens (including phenoxy) is 2. The summed E-state index contributed by atoms with van der Waals surface area (Å²) in [6, 6.07) is -0.974. The monoisotopic (exact) mass is 427 g/mol. The number of amides is 1. The molecule has 0 radical (unpaired) electrons. The Morgan fingerprint density at radius 3 is 1.60 bits per heavy atom. The normalized spacial score (nSPS) is 11.7. The molecule has 30 heavy (non-hydrogen) atoms. The van der Waals surface area contributed by atoms with Crippen LogP contribution in [0.1, 0.15) is 117 Å². The fourth-order valence-electron chi connectivity index (χ4n) is 3.39. The van der Waals surface area contributed by atoms with Gasteiger partial charge in [0.05, 0.1) is 19.6 Å². The summed E-state index contributed by atoms with van der Waals surface area (Å²) >= 11 is 0. The minimum atomic E-state index is -0.974. The van der Waals surface area contributed by atoms with E-state index < -0.39 is 18.0 Å². The van der Waals surface area contributed by atoms with E-state index >= 15 is 0 Å². The maximum Gasteiger partial charge on any atom is 0.329 e. The van der Waals surface area contributed by atoms with Gasteiger partial charge in [0.15, 0.2) is 0 Å². The van der Waals surface area contributed by atoms with E-state index in [1.54, 1.807) is 13.8 Å². The summed E-state index contributed by atoms with van der Waals surface area (Å²) in [4.78, 5) is 35.7. The number of nitrogens with one attached hydrogen (secondary N) is 1. The van der Waals surface area contributed by atoms with Crippen LogP contribution in [-0.4, -0.2) is 37.1 Å². The molecule has 1 unspecified atom stereocenters. The van der Waals surface area contributed by atoms with Crippen molar-refractivity contribution in [2.45, 2.75) is 123 Å². The Hall–Kier alpha value is -1.59. The van der Waals surface area contributed by atoms with Crippen molar-refractivity contribution in [1.29, 1.82) is 0 Å². The molecule has 0 aromatic carbocycles. The average molecular weight is 428 g/mol. The molecule has 0 saturated carbocycles. The van der Waals surface area contributed by atoms with Gasteiger partial charge in [-0.15, -0.1) is 0 Å². The van der Waals surface area contributed by atoms with E-state index in [2.05, 4.69) is 12.2 Å². The van der Waals surface area contributed by atoms with Crippen LogP contribution in [0.15, 0.2) is 0 Å². The molecule has 1 N–H and O–H groups in total. The van der Waals surface area contributed by atoms with E-state index in [0.717, 1.165) is 19.3 Å². The molecule has 0 saturated heterocycles. The summed E-state index contributed by atoms with van der Waals surface area (Å²) < 4.78 is 9.81. The van der Waals surface area contributed by atoms with Crippen LogP contribution in [0.4, 0.5) is 0 Å². The van der Waals surface area contributed by atoms with Crippen molar-refractivity contribution >= 4 is 17.8 Å².